The summed E-state index contributed by atoms with van der Waals surface area (Å²) in [5.41, 5.74) is 3.27. The lowest BCUT2D eigenvalue weighted by Gasteiger charge is -2.01. The van der Waals surface area contributed by atoms with Gasteiger partial charge in [-0.15, -0.1) is 11.3 Å². The van der Waals surface area contributed by atoms with Crippen molar-refractivity contribution < 1.29 is 9.21 Å². The number of nitrogens with one attached hydrogen (secondary N) is 1. The Morgan fingerprint density at radius 3 is 2.83 bits per heavy atom. The summed E-state index contributed by atoms with van der Waals surface area (Å²) in [6, 6.07) is 7.33. The average molecular weight is 262 g/mol. The highest BCUT2D eigenvalue weighted by Gasteiger charge is 2.08. The van der Waals surface area contributed by atoms with E-state index < -0.39 is 0 Å². The second-order valence-electron chi connectivity index (χ2n) is 3.74. The zero-order chi connectivity index (χ0) is 13.0. The highest BCUT2D eigenvalue weighted by molar-refractivity contribution is 7.12. The second kappa shape index (κ2) is 5.64. The van der Waals surface area contributed by atoms with Crippen molar-refractivity contribution in [1.82, 2.24) is 5.43 Å². The number of carbonyl (C=O) groups excluding carboxylic acids is 1. The Morgan fingerprint density at radius 1 is 1.44 bits per heavy atom. The van der Waals surface area contributed by atoms with E-state index in [0.717, 1.165) is 11.5 Å². The molecule has 0 bridgehead atoms. The Morgan fingerprint density at radius 2 is 2.28 bits per heavy atom. The maximum atomic E-state index is 11.7. The first kappa shape index (κ1) is 12.6. The van der Waals surface area contributed by atoms with E-state index in [1.807, 2.05) is 37.4 Å². The normalized spacial score (nSPS) is 11.6. The molecule has 1 N–H and O–H groups in total. The number of carbonyl (C=O) groups is 1. The molecule has 0 aromatic carbocycles. The van der Waals surface area contributed by atoms with Crippen LogP contribution in [-0.4, -0.2) is 11.6 Å². The summed E-state index contributed by atoms with van der Waals surface area (Å²) in [6.07, 6.45) is 0.692. The molecule has 0 fully saturated rings. The van der Waals surface area contributed by atoms with Crippen LogP contribution in [0.3, 0.4) is 0 Å². The summed E-state index contributed by atoms with van der Waals surface area (Å²) in [5, 5.41) is 5.97. The van der Waals surface area contributed by atoms with Gasteiger partial charge in [0.15, 0.2) is 0 Å². The molecule has 2 aromatic heterocycles. The van der Waals surface area contributed by atoms with Crippen molar-refractivity contribution >= 4 is 23.0 Å². The maximum absolute atomic E-state index is 11.7. The van der Waals surface area contributed by atoms with Gasteiger partial charge >= 0.3 is 0 Å². The minimum Gasteiger partial charge on any atom is -0.460 e. The van der Waals surface area contributed by atoms with E-state index in [2.05, 4.69) is 10.5 Å². The third kappa shape index (κ3) is 2.87. The summed E-state index contributed by atoms with van der Waals surface area (Å²) in [7, 11) is 0. The highest BCUT2D eigenvalue weighted by Crippen LogP contribution is 2.10. The van der Waals surface area contributed by atoms with E-state index in [1.165, 1.54) is 11.3 Å². The van der Waals surface area contributed by atoms with Crippen LogP contribution >= 0.6 is 11.3 Å². The standard InChI is InChI=1S/C13H14N2O2S/c1-3-10(11-7-6-9(2)17-11)14-15-13(16)12-5-4-8-18-12/h4-8H,3H2,1-2H3,(H,15,16)/b14-10+. The van der Waals surface area contributed by atoms with Crippen molar-refractivity contribution in [3.05, 3.63) is 46.0 Å². The fraction of sp³-hybridized carbons (Fsp3) is 0.231. The summed E-state index contributed by atoms with van der Waals surface area (Å²) < 4.78 is 5.48. The van der Waals surface area contributed by atoms with Crippen molar-refractivity contribution in [2.24, 2.45) is 5.10 Å². The van der Waals surface area contributed by atoms with Gasteiger partial charge in [0.1, 0.15) is 17.2 Å². The maximum Gasteiger partial charge on any atom is 0.281 e. The first-order valence-electron chi connectivity index (χ1n) is 5.68. The molecule has 4 nitrogen and oxygen atoms in total. The van der Waals surface area contributed by atoms with Crippen molar-refractivity contribution in [3.63, 3.8) is 0 Å². The molecule has 2 rings (SSSR count). The predicted molar refractivity (Wildman–Crippen MR) is 72.1 cm³/mol. The monoisotopic (exact) mass is 262 g/mol. The van der Waals surface area contributed by atoms with Crippen molar-refractivity contribution in [2.75, 3.05) is 0 Å². The lowest BCUT2D eigenvalue weighted by atomic mass is 10.2. The Labute approximate surface area is 109 Å². The smallest absolute Gasteiger partial charge is 0.281 e. The zero-order valence-corrected chi connectivity index (χ0v) is 11.1. The van der Waals surface area contributed by atoms with Gasteiger partial charge in [-0.05, 0) is 36.9 Å². The first-order valence-corrected chi connectivity index (χ1v) is 6.56. The van der Waals surface area contributed by atoms with Crippen molar-refractivity contribution in [1.29, 1.82) is 0 Å². The molecule has 0 aliphatic heterocycles. The predicted octanol–water partition coefficient (Wildman–Crippen LogP) is 3.19. The van der Waals surface area contributed by atoms with Gasteiger partial charge in [0.25, 0.3) is 5.91 Å². The lowest BCUT2D eigenvalue weighted by Crippen LogP contribution is -2.18. The highest BCUT2D eigenvalue weighted by atomic mass is 32.1. The Kier molecular flexibility index (Phi) is 3.94. The average Bonchev–Trinajstić information content (AvgIpc) is 3.01. The molecule has 0 saturated carbocycles. The van der Waals surface area contributed by atoms with E-state index in [0.29, 0.717) is 17.1 Å². The van der Waals surface area contributed by atoms with Crippen LogP contribution in [0, 0.1) is 6.92 Å². The number of rotatable bonds is 4. The molecule has 5 heteroatoms. The van der Waals surface area contributed by atoms with Crippen LogP contribution in [0.1, 0.15) is 34.5 Å². The summed E-state index contributed by atoms with van der Waals surface area (Å²) in [4.78, 5) is 12.4. The molecule has 0 radical (unpaired) electrons. The molecular weight excluding hydrogens is 248 g/mol. The molecule has 1 amide bonds. The van der Waals surface area contributed by atoms with Gasteiger partial charge in [0.05, 0.1) is 4.88 Å². The Balaban J connectivity index is 2.09. The number of nitrogens with zero attached hydrogens (tertiary/aromatic N) is 1. The SMILES string of the molecule is CC/C(=N\NC(=O)c1cccs1)c1ccc(C)o1. The summed E-state index contributed by atoms with van der Waals surface area (Å²) in [6.45, 7) is 3.84. The lowest BCUT2D eigenvalue weighted by molar-refractivity contribution is 0.0959. The molecule has 2 heterocycles. The van der Waals surface area contributed by atoms with E-state index in [-0.39, 0.29) is 5.91 Å². The Hall–Kier alpha value is -1.88. The third-order valence-electron chi connectivity index (χ3n) is 2.40. The van der Waals surface area contributed by atoms with Crippen LogP contribution < -0.4 is 5.43 Å². The molecule has 0 saturated heterocycles. The fourth-order valence-corrected chi connectivity index (χ4v) is 2.09. The molecule has 0 aliphatic carbocycles. The van der Waals surface area contributed by atoms with Gasteiger partial charge in [-0.2, -0.15) is 5.10 Å². The van der Waals surface area contributed by atoms with Gasteiger partial charge in [-0.25, -0.2) is 5.43 Å². The van der Waals surface area contributed by atoms with Gasteiger partial charge in [-0.3, -0.25) is 4.79 Å². The first-order chi connectivity index (χ1) is 8.70. The van der Waals surface area contributed by atoms with E-state index >= 15 is 0 Å². The number of thiophene rings is 1. The van der Waals surface area contributed by atoms with Crippen LogP contribution in [-0.2, 0) is 0 Å². The second-order valence-corrected chi connectivity index (χ2v) is 4.69. The van der Waals surface area contributed by atoms with E-state index in [4.69, 9.17) is 4.42 Å². The number of hydrazone groups is 1. The molecule has 0 spiro atoms. The quantitative estimate of drug-likeness (QED) is 0.679. The number of furan rings is 1. The number of hydrogen-bond acceptors (Lipinski definition) is 4. The van der Waals surface area contributed by atoms with Crippen LogP contribution in [0.2, 0.25) is 0 Å². The van der Waals surface area contributed by atoms with E-state index in [1.54, 1.807) is 6.07 Å². The topological polar surface area (TPSA) is 54.6 Å². The number of hydrogen-bond donors (Lipinski definition) is 1. The van der Waals surface area contributed by atoms with Crippen molar-refractivity contribution in [3.8, 4) is 0 Å². The molecule has 18 heavy (non-hydrogen) atoms. The molecule has 2 aromatic rings. The minimum atomic E-state index is -0.195. The largest absolute Gasteiger partial charge is 0.460 e. The fourth-order valence-electron chi connectivity index (χ4n) is 1.48. The molecule has 94 valence electrons. The van der Waals surface area contributed by atoms with Gasteiger partial charge < -0.3 is 4.42 Å². The zero-order valence-electron chi connectivity index (χ0n) is 10.3. The molecular formula is C13H14N2O2S. The van der Waals surface area contributed by atoms with Gasteiger partial charge in [-0.1, -0.05) is 13.0 Å². The Bertz CT molecular complexity index is 555. The van der Waals surface area contributed by atoms with Gasteiger partial charge in [0.2, 0.25) is 0 Å². The van der Waals surface area contributed by atoms with Crippen LogP contribution in [0.4, 0.5) is 0 Å². The summed E-state index contributed by atoms with van der Waals surface area (Å²) in [5.74, 6) is 1.33. The van der Waals surface area contributed by atoms with Crippen LogP contribution in [0.15, 0.2) is 39.2 Å². The minimum absolute atomic E-state index is 0.195. The number of amides is 1. The summed E-state index contributed by atoms with van der Waals surface area (Å²) >= 11 is 1.39. The third-order valence-corrected chi connectivity index (χ3v) is 3.27. The van der Waals surface area contributed by atoms with Gasteiger partial charge in [0, 0.05) is 0 Å². The molecule has 0 atom stereocenters. The van der Waals surface area contributed by atoms with Crippen molar-refractivity contribution in [2.45, 2.75) is 20.3 Å². The number of aryl methyl sites for hydroxylation is 1. The van der Waals surface area contributed by atoms with E-state index in [9.17, 15) is 4.79 Å². The molecule has 0 unspecified atom stereocenters. The van der Waals surface area contributed by atoms with Crippen LogP contribution in [0.25, 0.3) is 0 Å². The molecule has 0 aliphatic rings. The van der Waals surface area contributed by atoms with Crippen LogP contribution in [0.5, 0.6) is 0 Å².